The molecule has 0 saturated carbocycles. The monoisotopic (exact) mass is 217 g/mol. The van der Waals surface area contributed by atoms with Crippen LogP contribution in [-0.2, 0) is 51.2 Å². The van der Waals surface area contributed by atoms with Crippen molar-refractivity contribution in [2.24, 2.45) is 0 Å². The first-order valence-electron chi connectivity index (χ1n) is 0. The molecular formula is H3Li3Mn3N2. The van der Waals surface area contributed by atoms with Crippen molar-refractivity contribution in [2.45, 2.75) is 0 Å². The Balaban J connectivity index is 0. The molecule has 0 aliphatic heterocycles. The van der Waals surface area contributed by atoms with Crippen LogP contribution in [0.5, 0.6) is 0 Å². The van der Waals surface area contributed by atoms with Gasteiger partial charge < -0.3 is 12.3 Å². The van der Waals surface area contributed by atoms with Crippen molar-refractivity contribution in [1.29, 1.82) is 0 Å². The van der Waals surface area contributed by atoms with E-state index in [2.05, 4.69) is 0 Å². The van der Waals surface area contributed by atoms with Gasteiger partial charge in [0.2, 0.25) is 0 Å². The van der Waals surface area contributed by atoms with E-state index in [1.165, 1.54) is 0 Å². The molecule has 0 aliphatic rings. The molecule has 0 spiro atoms. The van der Waals surface area contributed by atoms with Gasteiger partial charge in [-0.1, -0.05) is 0 Å². The standard InChI is InChI=1S/3Li.3Mn.2N.3H/q;;;3*+2;2*-3;;;. The quantitative estimate of drug-likeness (QED) is 0.449. The van der Waals surface area contributed by atoms with Crippen LogP contribution in [0.3, 0.4) is 0 Å². The van der Waals surface area contributed by atoms with Gasteiger partial charge in [-0.2, -0.15) is 0 Å². The van der Waals surface area contributed by atoms with E-state index in [0.717, 1.165) is 0 Å². The molecule has 0 bridgehead atoms. The van der Waals surface area contributed by atoms with Gasteiger partial charge in [0.1, 0.15) is 0 Å². The Morgan fingerprint density at radius 3 is 0.375 bits per heavy atom. The fourth-order valence-electron chi connectivity index (χ4n) is 0. The second-order valence-electron chi connectivity index (χ2n) is 0. The van der Waals surface area contributed by atoms with E-state index < -0.39 is 0 Å². The minimum atomic E-state index is 0. The third kappa shape index (κ3) is 59.3. The minimum Gasteiger partial charge on any atom is -3.00 e. The molecule has 0 amide bonds. The summed E-state index contributed by atoms with van der Waals surface area (Å²) in [6, 6.07) is 0. The molecule has 0 aromatic carbocycles. The first-order chi connectivity index (χ1) is 0. The average Bonchev–Trinajstić information content (AvgIpc) is 0. The van der Waals surface area contributed by atoms with E-state index in [1.54, 1.807) is 0 Å². The van der Waals surface area contributed by atoms with Crippen LogP contribution in [0, 0.1) is 0 Å². The van der Waals surface area contributed by atoms with Gasteiger partial charge in [0.15, 0.2) is 0 Å². The van der Waals surface area contributed by atoms with E-state index >= 15 is 0 Å². The van der Waals surface area contributed by atoms with Gasteiger partial charge in [0, 0.05) is 0 Å². The summed E-state index contributed by atoms with van der Waals surface area (Å²) in [4.78, 5) is 0. The number of hydrogen-bond donors (Lipinski definition) is 0. The van der Waals surface area contributed by atoms with Crippen molar-refractivity contribution < 1.29 is 51.2 Å². The molecule has 0 aliphatic carbocycles. The topological polar surface area (TPSA) is 61.0 Å². The van der Waals surface area contributed by atoms with Gasteiger partial charge in [-0.25, -0.2) is 0 Å². The summed E-state index contributed by atoms with van der Waals surface area (Å²) in [7, 11) is 0. The van der Waals surface area contributed by atoms with Gasteiger partial charge in [-0.3, -0.25) is 0 Å². The fraction of sp³-hybridized carbons (Fsp3) is 0. The van der Waals surface area contributed by atoms with Crippen LogP contribution < -0.4 is 0 Å². The maximum atomic E-state index is 0. The van der Waals surface area contributed by atoms with Gasteiger partial charge >= 0.3 is 108 Å². The van der Waals surface area contributed by atoms with Crippen molar-refractivity contribution in [3.8, 4) is 0 Å². The molecule has 8 heteroatoms. The molecule has 2 nitrogen and oxygen atoms in total. The second-order valence-corrected chi connectivity index (χ2v) is 0. The van der Waals surface area contributed by atoms with Crippen molar-refractivity contribution in [3.63, 3.8) is 0 Å². The first kappa shape index (κ1) is 111. The van der Waals surface area contributed by atoms with Gasteiger partial charge in [-0.05, 0) is 0 Å². The van der Waals surface area contributed by atoms with Gasteiger partial charge in [0.25, 0.3) is 0 Å². The van der Waals surface area contributed by atoms with Crippen molar-refractivity contribution in [3.05, 3.63) is 12.3 Å². The molecule has 37 valence electrons. The zero-order valence-corrected chi connectivity index (χ0v) is 5.57. The third-order valence-corrected chi connectivity index (χ3v) is 0. The van der Waals surface area contributed by atoms with Crippen LogP contribution in [0.2, 0.25) is 0 Å². The van der Waals surface area contributed by atoms with Crippen LogP contribution in [0.1, 0.15) is 0 Å². The molecule has 0 atom stereocenters. The van der Waals surface area contributed by atoms with Crippen LogP contribution in [-0.4, -0.2) is 56.6 Å². The second kappa shape index (κ2) is 82.5. The predicted molar refractivity (Wildman–Crippen MR) is 28.2 cm³/mol. The SMILES string of the molecule is [LiH].[LiH].[LiH].[Mn+2].[Mn+2].[Mn+2].[N-3].[N-3]. The number of hydrogen-bond acceptors (Lipinski definition) is 0. The summed E-state index contributed by atoms with van der Waals surface area (Å²) in [6.07, 6.45) is 0. The zero-order chi connectivity index (χ0) is 0. The normalized spacial score (nSPS) is 0. The zero-order valence-electron chi connectivity index (χ0n) is 2.03. The molecule has 0 fully saturated rings. The summed E-state index contributed by atoms with van der Waals surface area (Å²) in [5.41, 5.74) is 0. The molecule has 0 unspecified atom stereocenters. The molecule has 0 heterocycles. The Hall–Kier alpha value is 3.27. The Labute approximate surface area is 118 Å². The summed E-state index contributed by atoms with van der Waals surface area (Å²) < 4.78 is 0. The molecule has 0 saturated heterocycles. The first-order valence-corrected chi connectivity index (χ1v) is 0. The molecule has 0 aromatic heterocycles. The summed E-state index contributed by atoms with van der Waals surface area (Å²) >= 11 is 0. The fourth-order valence-corrected chi connectivity index (χ4v) is 0. The molecule has 8 heavy (non-hydrogen) atoms. The maximum absolute atomic E-state index is 0. The molecule has 0 N–H and O–H groups in total. The van der Waals surface area contributed by atoms with Crippen molar-refractivity contribution >= 4 is 56.6 Å². The van der Waals surface area contributed by atoms with Gasteiger partial charge in [-0.15, -0.1) is 0 Å². The van der Waals surface area contributed by atoms with E-state index in [9.17, 15) is 0 Å². The predicted octanol–water partition coefficient (Wildman–Crippen LogP) is -1.38. The Bertz CT molecular complexity index is 12.5. The molecule has 3 radical (unpaired) electrons. The van der Waals surface area contributed by atoms with Crippen molar-refractivity contribution in [2.75, 3.05) is 0 Å². The third-order valence-electron chi connectivity index (χ3n) is 0. The van der Waals surface area contributed by atoms with Crippen LogP contribution in [0.4, 0.5) is 0 Å². The number of nitrogens with zero attached hydrogens (tertiary/aromatic N) is 2. The van der Waals surface area contributed by atoms with Crippen LogP contribution >= 0.6 is 0 Å². The average molecular weight is 217 g/mol. The van der Waals surface area contributed by atoms with Crippen molar-refractivity contribution in [1.82, 2.24) is 0 Å². The summed E-state index contributed by atoms with van der Waals surface area (Å²) in [6.45, 7) is 0. The molecule has 0 rings (SSSR count). The molecule has 0 aromatic rings. The Morgan fingerprint density at radius 2 is 0.375 bits per heavy atom. The molecular weight excluding hydrogens is 214 g/mol. The van der Waals surface area contributed by atoms with Crippen LogP contribution in [0.15, 0.2) is 0 Å². The Kier molecular flexibility index (Phi) is 1150. The summed E-state index contributed by atoms with van der Waals surface area (Å²) in [5.74, 6) is 0. The smallest absolute Gasteiger partial charge is 2.00 e. The summed E-state index contributed by atoms with van der Waals surface area (Å²) in [5, 5.41) is 0. The van der Waals surface area contributed by atoms with Gasteiger partial charge in [0.05, 0.1) is 0 Å². The largest absolute Gasteiger partial charge is 3.00 e. The Morgan fingerprint density at radius 1 is 0.375 bits per heavy atom. The van der Waals surface area contributed by atoms with E-state index in [4.69, 9.17) is 0 Å². The van der Waals surface area contributed by atoms with E-state index in [0.29, 0.717) is 0 Å². The number of rotatable bonds is 0. The van der Waals surface area contributed by atoms with E-state index in [1.807, 2.05) is 0 Å². The van der Waals surface area contributed by atoms with E-state index in [-0.39, 0.29) is 120 Å². The van der Waals surface area contributed by atoms with Crippen LogP contribution in [0.25, 0.3) is 12.3 Å². The minimum absolute atomic E-state index is 0. The maximum Gasteiger partial charge on any atom is 2.00 e.